The summed E-state index contributed by atoms with van der Waals surface area (Å²) < 4.78 is 11.6. The summed E-state index contributed by atoms with van der Waals surface area (Å²) in [6.45, 7) is 4.35. The average Bonchev–Trinajstić information content (AvgIpc) is 2.94. The molecule has 4 rings (SSSR count). The van der Waals surface area contributed by atoms with Gasteiger partial charge in [0.25, 0.3) is 5.91 Å². The molecule has 4 aromatic rings. The van der Waals surface area contributed by atoms with E-state index in [-0.39, 0.29) is 24.0 Å². The first kappa shape index (κ1) is 27.4. The van der Waals surface area contributed by atoms with E-state index in [2.05, 4.69) is 15.5 Å². The van der Waals surface area contributed by atoms with Gasteiger partial charge in [-0.3, -0.25) is 4.79 Å². The first-order valence-corrected chi connectivity index (χ1v) is 12.5. The molecule has 0 radical (unpaired) electrons. The molecule has 2 N–H and O–H groups in total. The normalized spacial score (nSPS) is 11.8. The van der Waals surface area contributed by atoms with Crippen molar-refractivity contribution in [3.05, 3.63) is 106 Å². The molecule has 0 unspecified atom stereocenters. The van der Waals surface area contributed by atoms with E-state index in [9.17, 15) is 19.6 Å². The van der Waals surface area contributed by atoms with Gasteiger partial charge < -0.3 is 19.9 Å². The van der Waals surface area contributed by atoms with Gasteiger partial charge in [0.2, 0.25) is 0 Å². The van der Waals surface area contributed by atoms with Gasteiger partial charge in [0.1, 0.15) is 23.7 Å². The van der Waals surface area contributed by atoms with Gasteiger partial charge in [-0.2, -0.15) is 0 Å². The van der Waals surface area contributed by atoms with Crippen LogP contribution in [0.1, 0.15) is 45.8 Å². The molecule has 1 amide bonds. The quantitative estimate of drug-likeness (QED) is 0.227. The average molecular weight is 528 g/mol. The Hall–Kier alpha value is -4.63. The Morgan fingerprint density at radius 2 is 1.72 bits per heavy atom. The van der Waals surface area contributed by atoms with Crippen molar-refractivity contribution in [2.45, 2.75) is 39.0 Å². The van der Waals surface area contributed by atoms with Crippen LogP contribution in [0.25, 0.3) is 10.9 Å². The number of carboxylic acid groups (broad SMARTS) is 1. The molecule has 0 aliphatic rings. The zero-order chi connectivity index (χ0) is 27.8. The van der Waals surface area contributed by atoms with Crippen LogP contribution >= 0.6 is 0 Å². The largest absolute Gasteiger partial charge is 0.489 e. The number of fused-ring (bicyclic) bond motifs is 1. The molecule has 39 heavy (non-hydrogen) atoms. The fourth-order valence-corrected chi connectivity index (χ4v) is 4.03. The Morgan fingerprint density at radius 3 is 2.38 bits per heavy atom. The Bertz CT molecular complexity index is 1460. The summed E-state index contributed by atoms with van der Waals surface area (Å²) >= 11 is 0. The van der Waals surface area contributed by atoms with Crippen LogP contribution in [0.2, 0.25) is 0 Å². The predicted molar refractivity (Wildman–Crippen MR) is 147 cm³/mol. The second-order valence-corrected chi connectivity index (χ2v) is 9.33. The van der Waals surface area contributed by atoms with Gasteiger partial charge in [-0.05, 0) is 73.0 Å². The third-order valence-electron chi connectivity index (χ3n) is 5.98. The number of nitrogens with zero attached hydrogens (tertiary/aromatic N) is 2. The van der Waals surface area contributed by atoms with Gasteiger partial charge in [-0.1, -0.05) is 42.5 Å². The second kappa shape index (κ2) is 12.7. The van der Waals surface area contributed by atoms with Crippen LogP contribution in [0.15, 0.2) is 84.0 Å². The highest BCUT2D eigenvalue weighted by Gasteiger charge is 2.20. The van der Waals surface area contributed by atoms with Gasteiger partial charge in [0, 0.05) is 5.39 Å². The maximum Gasteiger partial charge on any atom is 0.336 e. The molecule has 0 fully saturated rings. The number of hydrogen-bond acceptors (Lipinski definition) is 7. The number of nitrogens with one attached hydrogen (secondary N) is 1. The van der Waals surface area contributed by atoms with Crippen LogP contribution in [0.3, 0.4) is 0 Å². The number of amides is 1. The molecule has 0 saturated carbocycles. The minimum atomic E-state index is -1.18. The summed E-state index contributed by atoms with van der Waals surface area (Å²) in [5.74, 6) is -1.21. The number of benzene rings is 3. The first-order chi connectivity index (χ1) is 18.8. The van der Waals surface area contributed by atoms with E-state index in [1.54, 1.807) is 42.5 Å². The molecule has 0 aliphatic heterocycles. The summed E-state index contributed by atoms with van der Waals surface area (Å²) in [4.78, 5) is 40.5. The number of aromatic carboxylic acids is 1. The fourth-order valence-electron chi connectivity index (χ4n) is 4.03. The Morgan fingerprint density at radius 1 is 0.974 bits per heavy atom. The summed E-state index contributed by atoms with van der Waals surface area (Å²) in [5.41, 5.74) is 2.46. The maximum atomic E-state index is 13.2. The van der Waals surface area contributed by atoms with Crippen molar-refractivity contribution in [1.82, 2.24) is 10.3 Å². The topological polar surface area (TPSA) is 127 Å². The van der Waals surface area contributed by atoms with Crippen LogP contribution in [0, 0.1) is 4.91 Å². The SMILES string of the molecule is CC(C)OC[C@H](Cc1ccc(N=O)cc1)NC(=O)c1cc(C(=O)O)c2cc(OCc3ccccc3)ccc2n1. The molecule has 1 atom stereocenters. The van der Waals surface area contributed by atoms with E-state index in [4.69, 9.17) is 9.47 Å². The lowest BCUT2D eigenvalue weighted by Gasteiger charge is -2.20. The molecular weight excluding hydrogens is 498 g/mol. The van der Waals surface area contributed by atoms with Crippen LogP contribution < -0.4 is 10.1 Å². The Kier molecular flexibility index (Phi) is 8.96. The highest BCUT2D eigenvalue weighted by molar-refractivity contribution is 6.06. The van der Waals surface area contributed by atoms with Crippen LogP contribution in [-0.2, 0) is 17.8 Å². The predicted octanol–water partition coefficient (Wildman–Crippen LogP) is 5.68. The van der Waals surface area contributed by atoms with E-state index >= 15 is 0 Å². The third kappa shape index (κ3) is 7.45. The Balaban J connectivity index is 1.55. The highest BCUT2D eigenvalue weighted by atomic mass is 16.5. The van der Waals surface area contributed by atoms with E-state index in [0.717, 1.165) is 11.1 Å². The number of carbonyl (C=O) groups is 2. The first-order valence-electron chi connectivity index (χ1n) is 12.5. The summed E-state index contributed by atoms with van der Waals surface area (Å²) in [7, 11) is 0. The minimum Gasteiger partial charge on any atom is -0.489 e. The monoisotopic (exact) mass is 527 g/mol. The number of rotatable bonds is 12. The number of aromatic nitrogens is 1. The standard InChI is InChI=1S/C30H29N3O6/c1-19(2)38-18-23(14-20-8-10-22(33-37)11-9-20)31-29(34)28-16-26(30(35)36)25-15-24(12-13-27(25)32-28)39-17-21-6-4-3-5-7-21/h3-13,15-16,19,23H,14,17-18H2,1-2H3,(H,31,34)(H,35,36)/t23-/m0/s1. The molecule has 200 valence electrons. The molecule has 3 aromatic carbocycles. The number of ether oxygens (including phenoxy) is 2. The van der Waals surface area contributed by atoms with Crippen LogP contribution in [0.4, 0.5) is 5.69 Å². The minimum absolute atomic E-state index is 0.0205. The van der Waals surface area contributed by atoms with Gasteiger partial charge in [-0.25, -0.2) is 9.78 Å². The van der Waals surface area contributed by atoms with Gasteiger partial charge in [0.15, 0.2) is 0 Å². The summed E-state index contributed by atoms with van der Waals surface area (Å²) in [6, 6.07) is 22.2. The maximum absolute atomic E-state index is 13.2. The molecule has 9 nitrogen and oxygen atoms in total. The Labute approximate surface area is 225 Å². The van der Waals surface area contributed by atoms with Crippen molar-refractivity contribution >= 4 is 28.5 Å². The molecule has 0 bridgehead atoms. The number of carbonyl (C=O) groups excluding carboxylic acids is 1. The van der Waals surface area contributed by atoms with Crippen molar-refractivity contribution in [1.29, 1.82) is 0 Å². The van der Waals surface area contributed by atoms with Crippen molar-refractivity contribution in [2.24, 2.45) is 5.18 Å². The van der Waals surface area contributed by atoms with Crippen molar-refractivity contribution in [3.63, 3.8) is 0 Å². The molecule has 1 aromatic heterocycles. The van der Waals surface area contributed by atoms with E-state index in [1.165, 1.54) is 6.07 Å². The van der Waals surface area contributed by atoms with Crippen LogP contribution in [0.5, 0.6) is 5.75 Å². The molecular formula is C30H29N3O6. The number of pyridine rings is 1. The smallest absolute Gasteiger partial charge is 0.336 e. The van der Waals surface area contributed by atoms with Gasteiger partial charge >= 0.3 is 5.97 Å². The number of nitroso groups, excluding NO2 is 1. The second-order valence-electron chi connectivity index (χ2n) is 9.33. The summed E-state index contributed by atoms with van der Waals surface area (Å²) in [6.07, 6.45) is 0.376. The van der Waals surface area contributed by atoms with Crippen molar-refractivity contribution in [3.8, 4) is 5.75 Å². The third-order valence-corrected chi connectivity index (χ3v) is 5.98. The van der Waals surface area contributed by atoms with Crippen molar-refractivity contribution < 1.29 is 24.2 Å². The number of carboxylic acids is 1. The van der Waals surface area contributed by atoms with Crippen LogP contribution in [-0.4, -0.2) is 40.7 Å². The molecule has 0 aliphatic carbocycles. The molecule has 1 heterocycles. The molecule has 9 heteroatoms. The lowest BCUT2D eigenvalue weighted by molar-refractivity contribution is 0.0569. The summed E-state index contributed by atoms with van der Waals surface area (Å²) in [5, 5.41) is 16.1. The molecule has 0 spiro atoms. The zero-order valence-corrected chi connectivity index (χ0v) is 21.7. The van der Waals surface area contributed by atoms with E-state index in [1.807, 2.05) is 44.2 Å². The van der Waals surface area contributed by atoms with E-state index < -0.39 is 17.9 Å². The van der Waals surface area contributed by atoms with Gasteiger partial charge in [0.05, 0.1) is 29.8 Å². The number of hydrogen-bond donors (Lipinski definition) is 2. The van der Waals surface area contributed by atoms with E-state index in [0.29, 0.717) is 35.4 Å². The lowest BCUT2D eigenvalue weighted by Crippen LogP contribution is -2.40. The molecule has 0 saturated heterocycles. The highest BCUT2D eigenvalue weighted by Crippen LogP contribution is 2.25. The fraction of sp³-hybridized carbons (Fsp3) is 0.233. The lowest BCUT2D eigenvalue weighted by atomic mass is 10.0. The van der Waals surface area contributed by atoms with Crippen molar-refractivity contribution in [2.75, 3.05) is 6.61 Å². The zero-order valence-electron chi connectivity index (χ0n) is 21.7. The van der Waals surface area contributed by atoms with Gasteiger partial charge in [-0.15, -0.1) is 4.91 Å².